The van der Waals surface area contributed by atoms with Gasteiger partial charge in [0.2, 0.25) is 5.91 Å². The van der Waals surface area contributed by atoms with Crippen LogP contribution in [0.4, 0.5) is 8.78 Å². The van der Waals surface area contributed by atoms with Crippen LogP contribution in [-0.2, 0) is 16.1 Å². The summed E-state index contributed by atoms with van der Waals surface area (Å²) in [5, 5.41) is 2.68. The highest BCUT2D eigenvalue weighted by atomic mass is 19.3. The predicted octanol–water partition coefficient (Wildman–Crippen LogP) is 3.40. The topological polar surface area (TPSA) is 64.6 Å². The van der Waals surface area contributed by atoms with Gasteiger partial charge in [0.15, 0.2) is 0 Å². The van der Waals surface area contributed by atoms with Crippen molar-refractivity contribution in [1.82, 2.24) is 5.32 Å². The predicted molar refractivity (Wildman–Crippen MR) is 91.7 cm³/mol. The Morgan fingerprint density at radius 2 is 1.73 bits per heavy atom. The molecule has 0 radical (unpaired) electrons. The quantitative estimate of drug-likeness (QED) is 0.606. The molecule has 0 bridgehead atoms. The van der Waals surface area contributed by atoms with E-state index in [1.807, 2.05) is 0 Å². The first-order valence-electron chi connectivity index (χ1n) is 7.66. The third kappa shape index (κ3) is 6.01. The van der Waals surface area contributed by atoms with Crippen LogP contribution in [0.25, 0.3) is 6.08 Å². The zero-order chi connectivity index (χ0) is 18.9. The van der Waals surface area contributed by atoms with Gasteiger partial charge in [0.25, 0.3) is 0 Å². The summed E-state index contributed by atoms with van der Waals surface area (Å²) in [6, 6.07) is 12.6. The van der Waals surface area contributed by atoms with Gasteiger partial charge in [-0.25, -0.2) is 4.79 Å². The smallest absolute Gasteiger partial charge is 0.387 e. The van der Waals surface area contributed by atoms with Gasteiger partial charge in [-0.15, -0.1) is 0 Å². The lowest BCUT2D eigenvalue weighted by molar-refractivity contribution is -0.116. The third-order valence-electron chi connectivity index (χ3n) is 3.37. The Balaban J connectivity index is 1.84. The molecule has 1 N–H and O–H groups in total. The van der Waals surface area contributed by atoms with Crippen LogP contribution in [0.5, 0.6) is 5.75 Å². The molecule has 0 atom stereocenters. The van der Waals surface area contributed by atoms with Crippen molar-refractivity contribution in [2.24, 2.45) is 0 Å². The van der Waals surface area contributed by atoms with E-state index >= 15 is 0 Å². The molecular weight excluding hydrogens is 344 g/mol. The average Bonchev–Trinajstić information content (AvgIpc) is 2.65. The Bertz CT molecular complexity index is 771. The van der Waals surface area contributed by atoms with Crippen molar-refractivity contribution < 1.29 is 27.8 Å². The molecule has 0 aliphatic rings. The summed E-state index contributed by atoms with van der Waals surface area (Å²) >= 11 is 0. The number of rotatable bonds is 7. The van der Waals surface area contributed by atoms with Crippen LogP contribution in [0.15, 0.2) is 54.6 Å². The number of amides is 1. The first kappa shape index (κ1) is 19.1. The molecule has 0 unspecified atom stereocenters. The van der Waals surface area contributed by atoms with E-state index in [1.54, 1.807) is 42.5 Å². The van der Waals surface area contributed by atoms with Crippen LogP contribution < -0.4 is 10.1 Å². The van der Waals surface area contributed by atoms with Crippen molar-refractivity contribution in [2.45, 2.75) is 13.2 Å². The summed E-state index contributed by atoms with van der Waals surface area (Å²) in [4.78, 5) is 23.2. The highest BCUT2D eigenvalue weighted by Crippen LogP contribution is 2.14. The number of benzene rings is 2. The van der Waals surface area contributed by atoms with E-state index in [0.717, 1.165) is 11.1 Å². The number of carbonyl (C=O) groups is 2. The van der Waals surface area contributed by atoms with E-state index in [4.69, 9.17) is 0 Å². The normalized spacial score (nSPS) is 10.8. The van der Waals surface area contributed by atoms with Gasteiger partial charge in [0, 0.05) is 12.6 Å². The molecule has 5 nitrogen and oxygen atoms in total. The summed E-state index contributed by atoms with van der Waals surface area (Å²) in [6.07, 6.45) is 2.97. The van der Waals surface area contributed by atoms with Gasteiger partial charge < -0.3 is 14.8 Å². The molecule has 2 aromatic rings. The van der Waals surface area contributed by atoms with Crippen molar-refractivity contribution in [2.75, 3.05) is 7.11 Å². The average molecular weight is 361 g/mol. The van der Waals surface area contributed by atoms with Gasteiger partial charge in [-0.2, -0.15) is 8.78 Å². The van der Waals surface area contributed by atoms with Crippen LogP contribution in [0.2, 0.25) is 0 Å². The van der Waals surface area contributed by atoms with Crippen LogP contribution >= 0.6 is 0 Å². The highest BCUT2D eigenvalue weighted by molar-refractivity contribution is 5.92. The lowest BCUT2D eigenvalue weighted by Gasteiger charge is -2.06. The van der Waals surface area contributed by atoms with Gasteiger partial charge in [-0.1, -0.05) is 24.3 Å². The van der Waals surface area contributed by atoms with E-state index in [2.05, 4.69) is 14.8 Å². The van der Waals surface area contributed by atoms with E-state index in [1.165, 1.54) is 25.3 Å². The zero-order valence-electron chi connectivity index (χ0n) is 13.9. The number of halogens is 2. The molecule has 0 saturated carbocycles. The molecule has 1 amide bonds. The molecular formula is C19H17F2NO4. The SMILES string of the molecule is COC(=O)c1ccc(/C=C/C(=O)NCc2ccc(OC(F)F)cc2)cc1. The Hall–Kier alpha value is -3.22. The molecule has 0 fully saturated rings. The second kappa shape index (κ2) is 9.31. The Kier molecular flexibility index (Phi) is 6.84. The summed E-state index contributed by atoms with van der Waals surface area (Å²) in [6.45, 7) is -2.62. The Labute approximate surface area is 149 Å². The number of methoxy groups -OCH3 is 1. The maximum absolute atomic E-state index is 12.1. The van der Waals surface area contributed by atoms with Gasteiger partial charge in [-0.05, 0) is 41.5 Å². The van der Waals surface area contributed by atoms with Crippen molar-refractivity contribution in [1.29, 1.82) is 0 Å². The lowest BCUT2D eigenvalue weighted by atomic mass is 10.1. The number of carbonyl (C=O) groups excluding carboxylic acids is 2. The first-order valence-corrected chi connectivity index (χ1v) is 7.66. The van der Waals surface area contributed by atoms with Crippen molar-refractivity contribution >= 4 is 18.0 Å². The molecule has 0 spiro atoms. The molecule has 2 rings (SSSR count). The number of hydrogen-bond donors (Lipinski definition) is 1. The minimum absolute atomic E-state index is 0.0605. The fraction of sp³-hybridized carbons (Fsp3) is 0.158. The number of esters is 1. The molecule has 0 heterocycles. The van der Waals surface area contributed by atoms with Crippen LogP contribution in [0.3, 0.4) is 0 Å². The maximum Gasteiger partial charge on any atom is 0.387 e. The molecule has 26 heavy (non-hydrogen) atoms. The Morgan fingerprint density at radius 1 is 1.08 bits per heavy atom. The van der Waals surface area contributed by atoms with Gasteiger partial charge in [-0.3, -0.25) is 4.79 Å². The summed E-state index contributed by atoms with van der Waals surface area (Å²) in [5.41, 5.74) is 1.92. The first-order chi connectivity index (χ1) is 12.5. The highest BCUT2D eigenvalue weighted by Gasteiger charge is 2.05. The number of hydrogen-bond acceptors (Lipinski definition) is 4. The fourth-order valence-corrected chi connectivity index (χ4v) is 2.06. The Morgan fingerprint density at radius 3 is 2.31 bits per heavy atom. The van der Waals surface area contributed by atoms with Crippen molar-refractivity contribution in [3.63, 3.8) is 0 Å². The standard InChI is InChI=1S/C19H17F2NO4/c1-25-18(24)15-7-2-13(3-8-15)6-11-17(23)22-12-14-4-9-16(10-5-14)26-19(20)21/h2-11,19H,12H2,1H3,(H,22,23)/b11-6+. The second-order valence-corrected chi connectivity index (χ2v) is 5.19. The van der Waals surface area contributed by atoms with Crippen LogP contribution in [0.1, 0.15) is 21.5 Å². The lowest BCUT2D eigenvalue weighted by Crippen LogP contribution is -2.20. The summed E-state index contributed by atoms with van der Waals surface area (Å²) < 4.78 is 33.0. The molecule has 0 aliphatic carbocycles. The number of ether oxygens (including phenoxy) is 2. The van der Waals surface area contributed by atoms with Gasteiger partial charge in [0.05, 0.1) is 12.7 Å². The molecule has 0 aliphatic heterocycles. The fourth-order valence-electron chi connectivity index (χ4n) is 2.06. The molecule has 7 heteroatoms. The molecule has 136 valence electrons. The van der Waals surface area contributed by atoms with Crippen LogP contribution in [-0.4, -0.2) is 25.6 Å². The second-order valence-electron chi connectivity index (χ2n) is 5.19. The van der Waals surface area contributed by atoms with E-state index < -0.39 is 12.6 Å². The van der Waals surface area contributed by atoms with Crippen LogP contribution in [0, 0.1) is 0 Å². The summed E-state index contributed by atoms with van der Waals surface area (Å²) in [5.74, 6) is -0.677. The zero-order valence-corrected chi connectivity index (χ0v) is 13.9. The van der Waals surface area contributed by atoms with E-state index in [9.17, 15) is 18.4 Å². The molecule has 0 saturated heterocycles. The van der Waals surface area contributed by atoms with E-state index in [0.29, 0.717) is 5.56 Å². The molecule has 0 aromatic heterocycles. The number of nitrogens with one attached hydrogen (secondary N) is 1. The monoisotopic (exact) mass is 361 g/mol. The van der Waals surface area contributed by atoms with Gasteiger partial charge in [0.1, 0.15) is 5.75 Å². The summed E-state index contributed by atoms with van der Waals surface area (Å²) in [7, 11) is 1.31. The minimum atomic E-state index is -2.87. The largest absolute Gasteiger partial charge is 0.465 e. The van der Waals surface area contributed by atoms with Crippen molar-refractivity contribution in [3.8, 4) is 5.75 Å². The molecule has 2 aromatic carbocycles. The minimum Gasteiger partial charge on any atom is -0.465 e. The van der Waals surface area contributed by atoms with Crippen molar-refractivity contribution in [3.05, 3.63) is 71.3 Å². The number of alkyl halides is 2. The van der Waals surface area contributed by atoms with E-state index in [-0.39, 0.29) is 18.2 Å². The van der Waals surface area contributed by atoms with Gasteiger partial charge >= 0.3 is 12.6 Å². The maximum atomic E-state index is 12.1. The third-order valence-corrected chi connectivity index (χ3v) is 3.37.